The van der Waals surface area contributed by atoms with Crippen molar-refractivity contribution in [1.82, 2.24) is 19.5 Å². The maximum atomic E-state index is 12.3. The fraction of sp³-hybridized carbons (Fsp3) is 0.654. The smallest absolute Gasteiger partial charge is 0.225 e. The summed E-state index contributed by atoms with van der Waals surface area (Å²) >= 11 is 0. The summed E-state index contributed by atoms with van der Waals surface area (Å²) in [7, 11) is -3.25. The highest BCUT2D eigenvalue weighted by molar-refractivity contribution is 7.57. The minimum Gasteiger partial charge on any atom is -0.382 e. The van der Waals surface area contributed by atoms with Gasteiger partial charge in [-0.25, -0.2) is 15.0 Å². The SMILES string of the molecule is CCCC/C=C\C/C=C\CCCCCCCCCP(=O)(O)COCCn1cnc2c(N)ncnc21. The number of anilines is 1. The first-order valence-electron chi connectivity index (χ1n) is 13.1. The first-order valence-corrected chi connectivity index (χ1v) is 15.2. The molecule has 3 N–H and O–H groups in total. The molecular formula is C26H44N5O3P. The fourth-order valence-electron chi connectivity index (χ4n) is 3.83. The van der Waals surface area contributed by atoms with Gasteiger partial charge in [-0.3, -0.25) is 4.57 Å². The summed E-state index contributed by atoms with van der Waals surface area (Å²) in [6.07, 6.45) is 26.1. The Morgan fingerprint density at radius 2 is 1.66 bits per heavy atom. The molecule has 0 aromatic carbocycles. The van der Waals surface area contributed by atoms with E-state index in [0.717, 1.165) is 32.1 Å². The van der Waals surface area contributed by atoms with Gasteiger partial charge in [-0.2, -0.15) is 0 Å². The summed E-state index contributed by atoms with van der Waals surface area (Å²) < 4.78 is 19.6. The quantitative estimate of drug-likeness (QED) is 0.120. The lowest BCUT2D eigenvalue weighted by atomic mass is 10.1. The maximum absolute atomic E-state index is 12.3. The second kappa shape index (κ2) is 17.4. The normalized spacial score (nSPS) is 13.9. The van der Waals surface area contributed by atoms with Gasteiger partial charge in [-0.05, 0) is 32.1 Å². The van der Waals surface area contributed by atoms with E-state index in [4.69, 9.17) is 10.5 Å². The molecule has 0 saturated carbocycles. The average molecular weight is 506 g/mol. The highest BCUT2D eigenvalue weighted by Crippen LogP contribution is 2.41. The Labute approximate surface area is 210 Å². The third-order valence-corrected chi connectivity index (χ3v) is 7.51. The first kappa shape index (κ1) is 29.2. The molecule has 0 saturated heterocycles. The zero-order chi connectivity index (χ0) is 25.2. The van der Waals surface area contributed by atoms with Gasteiger partial charge in [-0.1, -0.05) is 76.2 Å². The van der Waals surface area contributed by atoms with Gasteiger partial charge in [0.15, 0.2) is 11.5 Å². The molecule has 0 fully saturated rings. The Bertz CT molecular complexity index is 944. The van der Waals surface area contributed by atoms with Crippen LogP contribution in [0.5, 0.6) is 0 Å². The predicted octanol–water partition coefficient (Wildman–Crippen LogP) is 6.47. The lowest BCUT2D eigenvalue weighted by molar-refractivity contribution is 0.160. The number of rotatable bonds is 20. The van der Waals surface area contributed by atoms with Crippen molar-refractivity contribution >= 4 is 24.4 Å². The summed E-state index contributed by atoms with van der Waals surface area (Å²) in [4.78, 5) is 22.5. The van der Waals surface area contributed by atoms with Crippen molar-refractivity contribution < 1.29 is 14.2 Å². The number of hydrogen-bond donors (Lipinski definition) is 2. The number of aromatic nitrogens is 4. The van der Waals surface area contributed by atoms with E-state index < -0.39 is 7.37 Å². The van der Waals surface area contributed by atoms with Crippen LogP contribution in [-0.2, 0) is 15.8 Å². The van der Waals surface area contributed by atoms with Crippen molar-refractivity contribution in [2.45, 2.75) is 90.5 Å². The van der Waals surface area contributed by atoms with Gasteiger partial charge in [0.2, 0.25) is 7.37 Å². The molecule has 2 heterocycles. The van der Waals surface area contributed by atoms with Crippen LogP contribution in [0.4, 0.5) is 5.82 Å². The van der Waals surface area contributed by atoms with Crippen LogP contribution in [0.1, 0.15) is 84.0 Å². The molecule has 0 aliphatic heterocycles. The number of nitrogen functional groups attached to an aromatic ring is 1. The average Bonchev–Trinajstić information content (AvgIpc) is 3.26. The molecule has 0 aliphatic rings. The number of allylic oxidation sites excluding steroid dienone is 4. The van der Waals surface area contributed by atoms with E-state index >= 15 is 0 Å². The lowest BCUT2D eigenvalue weighted by Gasteiger charge is -2.12. The predicted molar refractivity (Wildman–Crippen MR) is 145 cm³/mol. The van der Waals surface area contributed by atoms with Crippen LogP contribution in [0.2, 0.25) is 0 Å². The van der Waals surface area contributed by atoms with E-state index in [-0.39, 0.29) is 6.35 Å². The van der Waals surface area contributed by atoms with Gasteiger partial charge in [0.1, 0.15) is 18.2 Å². The van der Waals surface area contributed by atoms with Gasteiger partial charge >= 0.3 is 0 Å². The number of fused-ring (bicyclic) bond motifs is 1. The monoisotopic (exact) mass is 505 g/mol. The minimum absolute atomic E-state index is 0.112. The Morgan fingerprint density at radius 1 is 0.971 bits per heavy atom. The van der Waals surface area contributed by atoms with Crippen LogP contribution in [0.3, 0.4) is 0 Å². The van der Waals surface area contributed by atoms with E-state index in [1.54, 1.807) is 10.9 Å². The van der Waals surface area contributed by atoms with Crippen LogP contribution in [-0.4, -0.2) is 43.5 Å². The van der Waals surface area contributed by atoms with Crippen molar-refractivity contribution in [1.29, 1.82) is 0 Å². The number of nitrogens with zero attached hydrogens (tertiary/aromatic N) is 4. The van der Waals surface area contributed by atoms with Gasteiger partial charge in [0, 0.05) is 12.7 Å². The number of ether oxygens (including phenoxy) is 1. The third kappa shape index (κ3) is 12.5. The highest BCUT2D eigenvalue weighted by atomic mass is 31.2. The van der Waals surface area contributed by atoms with Crippen molar-refractivity contribution in [3.63, 3.8) is 0 Å². The second-order valence-electron chi connectivity index (χ2n) is 9.06. The van der Waals surface area contributed by atoms with E-state index in [1.807, 2.05) is 0 Å². The van der Waals surface area contributed by atoms with Crippen LogP contribution in [0.15, 0.2) is 37.0 Å². The summed E-state index contributed by atoms with van der Waals surface area (Å²) in [6, 6.07) is 0. The molecule has 0 amide bonds. The number of hydrogen-bond acceptors (Lipinski definition) is 6. The lowest BCUT2D eigenvalue weighted by Crippen LogP contribution is -2.08. The molecule has 196 valence electrons. The largest absolute Gasteiger partial charge is 0.382 e. The molecule has 0 bridgehead atoms. The Kier molecular flexibility index (Phi) is 14.5. The van der Waals surface area contributed by atoms with Crippen molar-refractivity contribution in [2.24, 2.45) is 0 Å². The molecule has 2 aromatic heterocycles. The highest BCUT2D eigenvalue weighted by Gasteiger charge is 2.18. The van der Waals surface area contributed by atoms with E-state index in [2.05, 4.69) is 46.2 Å². The molecule has 0 radical (unpaired) electrons. The summed E-state index contributed by atoms with van der Waals surface area (Å²) in [5, 5.41) is 0. The molecule has 2 aromatic rings. The maximum Gasteiger partial charge on any atom is 0.225 e. The summed E-state index contributed by atoms with van der Waals surface area (Å²) in [5.41, 5.74) is 6.97. The van der Waals surface area contributed by atoms with Crippen LogP contribution in [0.25, 0.3) is 11.2 Å². The Balaban J connectivity index is 1.43. The van der Waals surface area contributed by atoms with Crippen LogP contribution < -0.4 is 5.73 Å². The molecule has 9 heteroatoms. The molecule has 8 nitrogen and oxygen atoms in total. The number of unbranched alkanes of at least 4 members (excludes halogenated alkanes) is 9. The first-order chi connectivity index (χ1) is 17.0. The fourth-order valence-corrected chi connectivity index (χ4v) is 5.09. The molecule has 1 atom stereocenters. The van der Waals surface area contributed by atoms with Gasteiger partial charge < -0.3 is 19.9 Å². The van der Waals surface area contributed by atoms with Crippen LogP contribution >= 0.6 is 7.37 Å². The minimum atomic E-state index is -3.25. The van der Waals surface area contributed by atoms with Crippen molar-refractivity contribution in [3.05, 3.63) is 37.0 Å². The summed E-state index contributed by atoms with van der Waals surface area (Å²) in [6.45, 7) is 3.02. The number of nitrogens with two attached hydrogens (primary N) is 1. The van der Waals surface area contributed by atoms with E-state index in [0.29, 0.717) is 36.3 Å². The Morgan fingerprint density at radius 3 is 2.40 bits per heavy atom. The molecule has 1 unspecified atom stereocenters. The van der Waals surface area contributed by atoms with E-state index in [9.17, 15) is 9.46 Å². The standard InChI is InChI=1S/C26H44N5O3P/c1-2-3-4-5-6-7-8-9-10-11-12-13-14-15-16-17-20-35(32,33)23-34-19-18-31-22-30-24-25(27)28-21-29-26(24)31/h5-6,8-9,21-22H,2-4,7,10-20,23H2,1H3,(H,32,33)(H2,27,28,29)/b6-5-,9-8-. The second-order valence-corrected chi connectivity index (χ2v) is 11.5. The molecular weight excluding hydrogens is 461 g/mol. The molecule has 0 spiro atoms. The molecule has 35 heavy (non-hydrogen) atoms. The van der Waals surface area contributed by atoms with Crippen molar-refractivity contribution in [2.75, 3.05) is 24.9 Å². The summed E-state index contributed by atoms with van der Waals surface area (Å²) in [5.74, 6) is 0.336. The van der Waals surface area contributed by atoms with Crippen molar-refractivity contribution in [3.8, 4) is 0 Å². The topological polar surface area (TPSA) is 116 Å². The number of imidazole rings is 1. The van der Waals surface area contributed by atoms with Crippen LogP contribution in [0, 0.1) is 0 Å². The third-order valence-electron chi connectivity index (χ3n) is 5.91. The Hall–Kier alpha value is -2.02. The molecule has 0 aliphatic carbocycles. The molecule has 2 rings (SSSR count). The van der Waals surface area contributed by atoms with Gasteiger partial charge in [0.05, 0.1) is 12.9 Å². The van der Waals surface area contributed by atoms with E-state index in [1.165, 1.54) is 51.3 Å². The van der Waals surface area contributed by atoms with Gasteiger partial charge in [0.25, 0.3) is 0 Å². The zero-order valence-corrected chi connectivity index (χ0v) is 22.2. The zero-order valence-electron chi connectivity index (χ0n) is 21.4. The van der Waals surface area contributed by atoms with Gasteiger partial charge in [-0.15, -0.1) is 0 Å².